The van der Waals surface area contributed by atoms with Crippen LogP contribution < -0.4 is 9.44 Å². The quantitative estimate of drug-likeness (QED) is 0.766. The lowest BCUT2D eigenvalue weighted by atomic mass is 10.2. The van der Waals surface area contributed by atoms with Crippen LogP contribution in [0.2, 0.25) is 5.02 Å². The van der Waals surface area contributed by atoms with Gasteiger partial charge in [0.05, 0.1) is 16.3 Å². The highest BCUT2D eigenvalue weighted by Crippen LogP contribution is 2.21. The molecule has 0 amide bonds. The molecule has 6 nitrogen and oxygen atoms in total. The Hall–Kier alpha value is -1.52. The van der Waals surface area contributed by atoms with Crippen LogP contribution in [-0.4, -0.2) is 32.2 Å². The van der Waals surface area contributed by atoms with E-state index >= 15 is 0 Å². The van der Waals surface area contributed by atoms with E-state index in [1.807, 2.05) is 0 Å². The number of anilines is 1. The molecule has 0 radical (unpaired) electrons. The number of hydrogen-bond donors (Lipinski definition) is 3. The van der Waals surface area contributed by atoms with Crippen LogP contribution in [0.25, 0.3) is 0 Å². The van der Waals surface area contributed by atoms with Gasteiger partial charge >= 0.3 is 12.1 Å². The second-order valence-corrected chi connectivity index (χ2v) is 5.45. The second kappa shape index (κ2) is 5.85. The smallest absolute Gasteiger partial charge is 0.402 e. The van der Waals surface area contributed by atoms with Crippen LogP contribution in [0.15, 0.2) is 18.2 Å². The van der Waals surface area contributed by atoms with Crippen molar-refractivity contribution in [2.24, 2.45) is 0 Å². The zero-order valence-corrected chi connectivity index (χ0v) is 11.1. The fourth-order valence-electron chi connectivity index (χ4n) is 1.12. The summed E-state index contributed by atoms with van der Waals surface area (Å²) in [5.41, 5.74) is -0.621. The summed E-state index contributed by atoms with van der Waals surface area (Å²) in [6, 6.07) is 3.10. The summed E-state index contributed by atoms with van der Waals surface area (Å²) in [5.74, 6) is -1.40. The monoisotopic (exact) mass is 332 g/mol. The Morgan fingerprint density at radius 1 is 1.35 bits per heavy atom. The van der Waals surface area contributed by atoms with E-state index in [4.69, 9.17) is 16.7 Å². The van der Waals surface area contributed by atoms with E-state index in [2.05, 4.69) is 0 Å². The predicted octanol–water partition coefficient (Wildman–Crippen LogP) is 1.85. The summed E-state index contributed by atoms with van der Waals surface area (Å²) in [6.07, 6.45) is -4.71. The van der Waals surface area contributed by atoms with E-state index in [9.17, 15) is 26.4 Å². The van der Waals surface area contributed by atoms with Gasteiger partial charge in [-0.05, 0) is 18.2 Å². The molecule has 112 valence electrons. The van der Waals surface area contributed by atoms with Crippen molar-refractivity contribution in [1.82, 2.24) is 4.72 Å². The first-order valence-corrected chi connectivity index (χ1v) is 6.73. The van der Waals surface area contributed by atoms with E-state index in [1.165, 1.54) is 4.72 Å². The Morgan fingerprint density at radius 2 is 1.95 bits per heavy atom. The molecule has 0 heterocycles. The van der Waals surface area contributed by atoms with E-state index in [-0.39, 0.29) is 16.3 Å². The van der Waals surface area contributed by atoms with Crippen molar-refractivity contribution in [3.63, 3.8) is 0 Å². The van der Waals surface area contributed by atoms with Crippen LogP contribution in [-0.2, 0) is 10.2 Å². The van der Waals surface area contributed by atoms with E-state index in [0.29, 0.717) is 0 Å². The molecule has 1 aromatic carbocycles. The molecule has 0 spiro atoms. The van der Waals surface area contributed by atoms with Gasteiger partial charge in [-0.15, -0.1) is 0 Å². The average Bonchev–Trinajstić information content (AvgIpc) is 2.28. The third kappa shape index (κ3) is 5.23. The summed E-state index contributed by atoms with van der Waals surface area (Å²) < 4.78 is 61.3. The number of nitrogens with one attached hydrogen (secondary N) is 2. The number of carbonyl (C=O) groups is 1. The largest absolute Gasteiger partial charge is 0.478 e. The summed E-state index contributed by atoms with van der Waals surface area (Å²) in [6.45, 7) is -1.75. The highest BCUT2D eigenvalue weighted by molar-refractivity contribution is 7.90. The fraction of sp³-hybridized carbons (Fsp3) is 0.222. The van der Waals surface area contributed by atoms with Crippen LogP contribution in [0.3, 0.4) is 0 Å². The van der Waals surface area contributed by atoms with E-state index < -0.39 is 28.9 Å². The molecule has 0 atom stereocenters. The minimum atomic E-state index is -4.71. The number of halogens is 4. The molecule has 3 N–H and O–H groups in total. The molecule has 1 rings (SSSR count). The summed E-state index contributed by atoms with van der Waals surface area (Å²) in [7, 11) is -4.48. The Bertz CT molecular complexity index is 618. The van der Waals surface area contributed by atoms with Crippen LogP contribution in [0, 0.1) is 0 Å². The minimum absolute atomic E-state index is 0.135. The summed E-state index contributed by atoms with van der Waals surface area (Å²) in [5, 5.41) is 8.64. The normalized spacial score (nSPS) is 12.2. The molecule has 0 unspecified atom stereocenters. The molecule has 0 saturated heterocycles. The van der Waals surface area contributed by atoms with Gasteiger partial charge in [0.25, 0.3) is 10.2 Å². The lowest BCUT2D eigenvalue weighted by Gasteiger charge is -2.11. The van der Waals surface area contributed by atoms with Crippen molar-refractivity contribution >= 4 is 33.5 Å². The zero-order valence-electron chi connectivity index (χ0n) is 9.53. The number of aromatic carboxylic acids is 1. The summed E-state index contributed by atoms with van der Waals surface area (Å²) in [4.78, 5) is 10.8. The number of carboxylic acids is 1. The molecule has 0 aliphatic rings. The molecule has 0 saturated carbocycles. The molecule has 11 heteroatoms. The third-order valence-corrected chi connectivity index (χ3v) is 3.27. The van der Waals surface area contributed by atoms with E-state index in [1.54, 1.807) is 4.72 Å². The lowest BCUT2D eigenvalue weighted by molar-refractivity contribution is -0.121. The third-order valence-electron chi connectivity index (χ3n) is 1.91. The second-order valence-electron chi connectivity index (χ2n) is 3.54. The maximum absolute atomic E-state index is 11.9. The molecule has 0 fully saturated rings. The molecule has 0 aliphatic carbocycles. The van der Waals surface area contributed by atoms with Gasteiger partial charge < -0.3 is 5.11 Å². The number of hydrogen-bond acceptors (Lipinski definition) is 3. The average molecular weight is 333 g/mol. The van der Waals surface area contributed by atoms with Crippen LogP contribution in [0.4, 0.5) is 18.9 Å². The molecule has 0 aliphatic heterocycles. The van der Waals surface area contributed by atoms with Crippen LogP contribution in [0.1, 0.15) is 10.4 Å². The van der Waals surface area contributed by atoms with Gasteiger partial charge in [0.1, 0.15) is 6.54 Å². The van der Waals surface area contributed by atoms with Crippen LogP contribution in [0.5, 0.6) is 0 Å². The first kappa shape index (κ1) is 16.5. The van der Waals surface area contributed by atoms with Crippen molar-refractivity contribution in [2.45, 2.75) is 6.18 Å². The van der Waals surface area contributed by atoms with Crippen molar-refractivity contribution in [3.05, 3.63) is 28.8 Å². The van der Waals surface area contributed by atoms with Gasteiger partial charge in [-0.2, -0.15) is 26.3 Å². The number of carboxylic acid groups (broad SMARTS) is 1. The number of rotatable bonds is 5. The first-order chi connectivity index (χ1) is 9.00. The van der Waals surface area contributed by atoms with Crippen molar-refractivity contribution in [3.8, 4) is 0 Å². The van der Waals surface area contributed by atoms with Gasteiger partial charge in [0.15, 0.2) is 0 Å². The fourth-order valence-corrected chi connectivity index (χ4v) is 2.18. The van der Waals surface area contributed by atoms with Crippen molar-refractivity contribution in [1.29, 1.82) is 0 Å². The first-order valence-electron chi connectivity index (χ1n) is 4.87. The Kier molecular flexibility index (Phi) is 4.84. The lowest BCUT2D eigenvalue weighted by Crippen LogP contribution is -2.37. The standard InChI is InChI=1S/C9H8ClF3N2O4S/c10-7-2-1-5(3-6(7)8(16)17)15-20(18,19)14-4-9(11,12)13/h1-3,14-15H,4H2,(H,16,17). The molecular formula is C9H8ClF3N2O4S. The molecule has 1 aromatic rings. The Labute approximate surface area is 116 Å². The SMILES string of the molecule is O=C(O)c1cc(NS(=O)(=O)NCC(F)(F)F)ccc1Cl. The van der Waals surface area contributed by atoms with Gasteiger partial charge in [0.2, 0.25) is 0 Å². The Balaban J connectivity index is 2.88. The maximum Gasteiger partial charge on any atom is 0.402 e. The van der Waals surface area contributed by atoms with Crippen molar-refractivity contribution in [2.75, 3.05) is 11.3 Å². The molecule has 20 heavy (non-hydrogen) atoms. The van der Waals surface area contributed by atoms with Gasteiger partial charge in [0, 0.05) is 0 Å². The number of benzene rings is 1. The Morgan fingerprint density at radius 3 is 2.45 bits per heavy atom. The zero-order chi connectivity index (χ0) is 15.6. The maximum atomic E-state index is 11.9. The topological polar surface area (TPSA) is 95.5 Å². The number of alkyl halides is 3. The molecule has 0 bridgehead atoms. The molecular weight excluding hydrogens is 325 g/mol. The van der Waals surface area contributed by atoms with Gasteiger partial charge in [-0.25, -0.2) is 4.79 Å². The van der Waals surface area contributed by atoms with Crippen molar-refractivity contribution < 1.29 is 31.5 Å². The highest BCUT2D eigenvalue weighted by Gasteiger charge is 2.29. The minimum Gasteiger partial charge on any atom is -0.478 e. The highest BCUT2D eigenvalue weighted by atomic mass is 35.5. The van der Waals surface area contributed by atoms with Crippen LogP contribution >= 0.6 is 11.6 Å². The van der Waals surface area contributed by atoms with Gasteiger partial charge in [-0.3, -0.25) is 4.72 Å². The van der Waals surface area contributed by atoms with Gasteiger partial charge in [-0.1, -0.05) is 11.6 Å². The molecule has 0 aromatic heterocycles. The summed E-state index contributed by atoms with van der Waals surface area (Å²) >= 11 is 5.56. The predicted molar refractivity (Wildman–Crippen MR) is 65.0 cm³/mol. The van der Waals surface area contributed by atoms with E-state index in [0.717, 1.165) is 18.2 Å².